The number of likely N-dealkylation sites (N-methyl/N-ethyl adjacent to an activating group) is 1. The van der Waals surface area contributed by atoms with Crippen molar-refractivity contribution in [2.24, 2.45) is 11.7 Å². The Balaban J connectivity index is 1.93. The second kappa shape index (κ2) is 10.1. The van der Waals surface area contributed by atoms with Crippen LogP contribution in [-0.2, 0) is 17.8 Å². The molecule has 1 aromatic heterocycles. The van der Waals surface area contributed by atoms with Gasteiger partial charge in [0.25, 0.3) is 0 Å². The molecule has 0 aliphatic carbocycles. The molecule has 2 rings (SSSR count). The van der Waals surface area contributed by atoms with Gasteiger partial charge in [-0.25, -0.2) is 4.98 Å². The van der Waals surface area contributed by atoms with Crippen LogP contribution in [-0.4, -0.2) is 39.5 Å². The van der Waals surface area contributed by atoms with E-state index in [1.54, 1.807) is 6.33 Å². The molecule has 1 aromatic carbocycles. The number of nitrogens with two attached hydrogens (primary N) is 1. The maximum Gasteiger partial charge on any atom is 0.239 e. The first-order valence-corrected chi connectivity index (χ1v) is 9.66. The summed E-state index contributed by atoms with van der Waals surface area (Å²) in [6.07, 6.45) is 6.43. The average molecular weight is 357 g/mol. The molecule has 5 nitrogen and oxygen atoms in total. The summed E-state index contributed by atoms with van der Waals surface area (Å²) in [6.45, 7) is 8.62. The highest BCUT2D eigenvalue weighted by atomic mass is 16.2. The molecular formula is C21H32N4O. The Labute approximate surface area is 157 Å². The molecule has 2 aromatic rings. The quantitative estimate of drug-likeness (QED) is 0.711. The minimum absolute atomic E-state index is 0.0250. The van der Waals surface area contributed by atoms with Gasteiger partial charge < -0.3 is 15.2 Å². The Hall–Kier alpha value is -2.14. The second-order valence-corrected chi connectivity index (χ2v) is 6.89. The van der Waals surface area contributed by atoms with Crippen LogP contribution in [0.15, 0.2) is 42.9 Å². The first kappa shape index (κ1) is 20.2. The summed E-state index contributed by atoms with van der Waals surface area (Å²) in [6, 6.07) is 9.71. The van der Waals surface area contributed by atoms with Crippen molar-refractivity contribution in [3.8, 4) is 0 Å². The molecule has 2 N–H and O–H groups in total. The summed E-state index contributed by atoms with van der Waals surface area (Å²) in [7, 11) is 0. The first-order valence-electron chi connectivity index (χ1n) is 9.66. The normalized spacial score (nSPS) is 12.3. The number of carbonyl (C=O) groups excluding carboxylic acids is 1. The van der Waals surface area contributed by atoms with Crippen molar-refractivity contribution in [3.63, 3.8) is 0 Å². The summed E-state index contributed by atoms with van der Waals surface area (Å²) < 4.78 is 2.03. The van der Waals surface area contributed by atoms with Crippen molar-refractivity contribution in [2.45, 2.75) is 52.6 Å². The zero-order valence-corrected chi connectivity index (χ0v) is 16.3. The zero-order valence-electron chi connectivity index (χ0n) is 16.3. The van der Waals surface area contributed by atoms with Crippen molar-refractivity contribution in [1.82, 2.24) is 14.5 Å². The number of benzene rings is 1. The summed E-state index contributed by atoms with van der Waals surface area (Å²) in [5.74, 6) is 0.563. The zero-order chi connectivity index (χ0) is 18.9. The maximum atomic E-state index is 12.7. The number of aromatic nitrogens is 2. The lowest BCUT2D eigenvalue weighted by Crippen LogP contribution is -2.46. The van der Waals surface area contributed by atoms with E-state index in [2.05, 4.69) is 31.0 Å². The fourth-order valence-electron chi connectivity index (χ4n) is 3.17. The molecule has 0 radical (unpaired) electrons. The summed E-state index contributed by atoms with van der Waals surface area (Å²) >= 11 is 0. The Morgan fingerprint density at radius 3 is 2.50 bits per heavy atom. The molecule has 0 saturated carbocycles. The largest absolute Gasteiger partial charge is 0.341 e. The van der Waals surface area contributed by atoms with Gasteiger partial charge in [0.1, 0.15) is 0 Å². The molecule has 0 spiro atoms. The highest BCUT2D eigenvalue weighted by Crippen LogP contribution is 2.12. The van der Waals surface area contributed by atoms with Crippen LogP contribution in [0.4, 0.5) is 0 Å². The monoisotopic (exact) mass is 356 g/mol. The van der Waals surface area contributed by atoms with Crippen molar-refractivity contribution >= 4 is 5.91 Å². The fraction of sp³-hybridized carbons (Fsp3) is 0.524. The van der Waals surface area contributed by atoms with E-state index < -0.39 is 6.04 Å². The van der Waals surface area contributed by atoms with E-state index in [9.17, 15) is 4.79 Å². The van der Waals surface area contributed by atoms with Gasteiger partial charge in [0.05, 0.1) is 18.1 Å². The van der Waals surface area contributed by atoms with E-state index >= 15 is 0 Å². The van der Waals surface area contributed by atoms with Crippen LogP contribution in [0.2, 0.25) is 0 Å². The highest BCUT2D eigenvalue weighted by Gasteiger charge is 2.22. The molecule has 1 amide bonds. The van der Waals surface area contributed by atoms with E-state index in [-0.39, 0.29) is 5.91 Å². The lowest BCUT2D eigenvalue weighted by Gasteiger charge is -2.27. The topological polar surface area (TPSA) is 64.2 Å². The standard InChI is InChI=1S/C21H32N4O/c1-4-17(5-2)14-25(6-3)21(26)20(22)12-19-15-24(16-23-19)13-18-10-8-7-9-11-18/h7-11,15-17,20H,4-6,12-14,22H2,1-3H3/t20-/m0/s1. The number of rotatable bonds is 10. The first-order chi connectivity index (χ1) is 12.6. The van der Waals surface area contributed by atoms with Crippen LogP contribution < -0.4 is 5.73 Å². The van der Waals surface area contributed by atoms with E-state index in [0.29, 0.717) is 18.9 Å². The van der Waals surface area contributed by atoms with Crippen molar-refractivity contribution in [3.05, 3.63) is 54.1 Å². The van der Waals surface area contributed by atoms with Gasteiger partial charge in [-0.2, -0.15) is 0 Å². The van der Waals surface area contributed by atoms with Gasteiger partial charge in [-0.3, -0.25) is 4.79 Å². The Morgan fingerprint density at radius 2 is 1.88 bits per heavy atom. The van der Waals surface area contributed by atoms with Gasteiger partial charge in [0.2, 0.25) is 5.91 Å². The number of hydrogen-bond acceptors (Lipinski definition) is 3. The number of nitrogens with zero attached hydrogens (tertiary/aromatic N) is 3. The van der Waals surface area contributed by atoms with Gasteiger partial charge >= 0.3 is 0 Å². The van der Waals surface area contributed by atoms with Gasteiger partial charge in [0, 0.05) is 32.3 Å². The predicted molar refractivity (Wildman–Crippen MR) is 106 cm³/mol. The van der Waals surface area contributed by atoms with Crippen LogP contribution in [0.25, 0.3) is 0 Å². The molecule has 0 saturated heterocycles. The van der Waals surface area contributed by atoms with E-state index in [1.165, 1.54) is 5.56 Å². The van der Waals surface area contributed by atoms with Crippen LogP contribution >= 0.6 is 0 Å². The van der Waals surface area contributed by atoms with E-state index in [1.807, 2.05) is 40.8 Å². The SMILES string of the molecule is CCC(CC)CN(CC)C(=O)[C@@H](N)Cc1cn(Cc2ccccc2)cn1. The molecule has 0 fully saturated rings. The molecule has 0 unspecified atom stereocenters. The summed E-state index contributed by atoms with van der Waals surface area (Å²) in [5.41, 5.74) is 8.29. The fourth-order valence-corrected chi connectivity index (χ4v) is 3.17. The molecule has 0 aliphatic rings. The molecule has 1 atom stereocenters. The minimum Gasteiger partial charge on any atom is -0.341 e. The molecule has 1 heterocycles. The number of hydrogen-bond donors (Lipinski definition) is 1. The van der Waals surface area contributed by atoms with Crippen molar-refractivity contribution in [1.29, 1.82) is 0 Å². The number of amides is 1. The number of carbonyl (C=O) groups is 1. The van der Waals surface area contributed by atoms with Crippen molar-refractivity contribution in [2.75, 3.05) is 13.1 Å². The molecule has 26 heavy (non-hydrogen) atoms. The minimum atomic E-state index is -0.538. The molecule has 0 aliphatic heterocycles. The maximum absolute atomic E-state index is 12.7. The van der Waals surface area contributed by atoms with Gasteiger partial charge in [-0.05, 0) is 18.4 Å². The Kier molecular flexibility index (Phi) is 7.85. The molecule has 5 heteroatoms. The van der Waals surface area contributed by atoms with Crippen molar-refractivity contribution < 1.29 is 4.79 Å². The van der Waals surface area contributed by atoms with Crippen LogP contribution in [0, 0.1) is 5.92 Å². The molecule has 0 bridgehead atoms. The van der Waals surface area contributed by atoms with E-state index in [0.717, 1.165) is 31.6 Å². The smallest absolute Gasteiger partial charge is 0.239 e. The van der Waals surface area contributed by atoms with E-state index in [4.69, 9.17) is 5.73 Å². The Morgan fingerprint density at radius 1 is 1.19 bits per heavy atom. The van der Waals surface area contributed by atoms with Gasteiger partial charge in [0.15, 0.2) is 0 Å². The number of imidazole rings is 1. The van der Waals surface area contributed by atoms with Crippen LogP contribution in [0.5, 0.6) is 0 Å². The van der Waals surface area contributed by atoms with Gasteiger partial charge in [-0.1, -0.05) is 57.0 Å². The lowest BCUT2D eigenvalue weighted by atomic mass is 10.0. The van der Waals surface area contributed by atoms with Crippen LogP contribution in [0.3, 0.4) is 0 Å². The van der Waals surface area contributed by atoms with Crippen LogP contribution in [0.1, 0.15) is 44.9 Å². The molecule has 142 valence electrons. The molecular weight excluding hydrogens is 324 g/mol. The second-order valence-electron chi connectivity index (χ2n) is 6.89. The third-order valence-electron chi connectivity index (χ3n) is 4.97. The lowest BCUT2D eigenvalue weighted by molar-refractivity contribution is -0.133. The van der Waals surface area contributed by atoms with Gasteiger partial charge in [-0.15, -0.1) is 0 Å². The Bertz CT molecular complexity index is 664. The average Bonchev–Trinajstić information content (AvgIpc) is 3.10. The summed E-state index contributed by atoms with van der Waals surface area (Å²) in [4.78, 5) is 19.0. The predicted octanol–water partition coefficient (Wildman–Crippen LogP) is 3.09. The highest BCUT2D eigenvalue weighted by molar-refractivity contribution is 5.81. The third-order valence-corrected chi connectivity index (χ3v) is 4.97. The summed E-state index contributed by atoms with van der Waals surface area (Å²) in [5, 5.41) is 0. The third kappa shape index (κ3) is 5.70.